The molecule has 2 heterocycles. The second-order valence-corrected chi connectivity index (χ2v) is 6.50. The van der Waals surface area contributed by atoms with Gasteiger partial charge in [0.1, 0.15) is 0 Å². The fourth-order valence-electron chi connectivity index (χ4n) is 2.77. The first-order valence-corrected chi connectivity index (χ1v) is 8.99. The van der Waals surface area contributed by atoms with E-state index in [-0.39, 0.29) is 30.7 Å². The molecular weight excluding hydrogens is 411 g/mol. The summed E-state index contributed by atoms with van der Waals surface area (Å²) in [4.78, 5) is 18.5. The summed E-state index contributed by atoms with van der Waals surface area (Å²) in [7, 11) is 0. The zero-order valence-electron chi connectivity index (χ0n) is 14.9. The molecule has 0 atom stereocenters. The van der Waals surface area contributed by atoms with E-state index in [1.54, 1.807) is 6.20 Å². The Labute approximate surface area is 176 Å². The highest BCUT2D eigenvalue weighted by Gasteiger charge is 2.11. The maximum atomic E-state index is 11.9. The molecule has 0 aliphatic carbocycles. The van der Waals surface area contributed by atoms with Crippen LogP contribution in [0.5, 0.6) is 0 Å². The average molecular weight is 436 g/mol. The van der Waals surface area contributed by atoms with Crippen molar-refractivity contribution in [2.45, 2.75) is 12.8 Å². The van der Waals surface area contributed by atoms with Crippen molar-refractivity contribution in [3.05, 3.63) is 41.4 Å². The summed E-state index contributed by atoms with van der Waals surface area (Å²) < 4.78 is 5.71. The Morgan fingerprint density at radius 1 is 1.22 bits per heavy atom. The molecule has 2 N–H and O–H groups in total. The van der Waals surface area contributed by atoms with Crippen LogP contribution in [0.15, 0.2) is 34.9 Å². The number of hydrogen-bond donors (Lipinski definition) is 2. The normalized spacial score (nSPS) is 14.1. The fraction of sp³-hybridized carbons (Fsp3) is 0.444. The number of carbonyl (C=O) groups is 1. The average Bonchev–Trinajstić information content (AvgIpc) is 3.10. The zero-order chi connectivity index (χ0) is 17.5. The largest absolute Gasteiger partial charge is 0.441 e. The lowest BCUT2D eigenvalue weighted by Crippen LogP contribution is -2.46. The van der Waals surface area contributed by atoms with Gasteiger partial charge in [0, 0.05) is 62.7 Å². The molecule has 1 aliphatic heterocycles. The summed E-state index contributed by atoms with van der Waals surface area (Å²) in [5, 5.41) is 6.96. The summed E-state index contributed by atoms with van der Waals surface area (Å²) in [6.07, 6.45) is 2.55. The number of benzene rings is 1. The number of carbonyl (C=O) groups excluding carboxylic acids is 1. The van der Waals surface area contributed by atoms with Gasteiger partial charge in [-0.05, 0) is 24.3 Å². The first-order valence-electron chi connectivity index (χ1n) is 8.61. The molecule has 1 aromatic carbocycles. The van der Waals surface area contributed by atoms with Gasteiger partial charge in [0.05, 0.1) is 6.20 Å². The smallest absolute Gasteiger partial charge is 0.220 e. The number of halogens is 3. The van der Waals surface area contributed by atoms with E-state index in [2.05, 4.69) is 20.5 Å². The highest BCUT2D eigenvalue weighted by Crippen LogP contribution is 2.22. The van der Waals surface area contributed by atoms with Crippen molar-refractivity contribution in [1.29, 1.82) is 0 Å². The summed E-state index contributed by atoms with van der Waals surface area (Å²) in [6, 6.07) is 7.39. The van der Waals surface area contributed by atoms with Gasteiger partial charge in [0.15, 0.2) is 11.7 Å². The van der Waals surface area contributed by atoms with Gasteiger partial charge in [-0.25, -0.2) is 4.98 Å². The molecule has 2 aromatic rings. The number of nitrogens with zero attached hydrogens (tertiary/aromatic N) is 2. The van der Waals surface area contributed by atoms with Crippen molar-refractivity contribution in [2.24, 2.45) is 0 Å². The Morgan fingerprint density at radius 3 is 2.63 bits per heavy atom. The summed E-state index contributed by atoms with van der Waals surface area (Å²) in [6.45, 7) is 5.70. The van der Waals surface area contributed by atoms with Gasteiger partial charge in [-0.1, -0.05) is 11.6 Å². The van der Waals surface area contributed by atoms with Crippen LogP contribution in [0.2, 0.25) is 5.02 Å². The number of oxazole rings is 1. The van der Waals surface area contributed by atoms with Crippen LogP contribution >= 0.6 is 36.4 Å². The SMILES string of the molecule is Cl.Cl.O=C(CCc1ncc(-c2ccc(Cl)cc2)o1)NCCN1CCNCC1. The van der Waals surface area contributed by atoms with Gasteiger partial charge in [-0.3, -0.25) is 9.69 Å². The Morgan fingerprint density at radius 2 is 1.93 bits per heavy atom. The molecule has 0 saturated carbocycles. The first-order chi connectivity index (χ1) is 12.2. The van der Waals surface area contributed by atoms with E-state index >= 15 is 0 Å². The minimum absolute atomic E-state index is 0. The van der Waals surface area contributed by atoms with Gasteiger partial charge in [-0.2, -0.15) is 0 Å². The second kappa shape index (κ2) is 12.2. The zero-order valence-corrected chi connectivity index (χ0v) is 17.3. The molecule has 0 radical (unpaired) electrons. The third-order valence-electron chi connectivity index (χ3n) is 4.21. The maximum Gasteiger partial charge on any atom is 0.220 e. The Bertz CT molecular complexity index is 688. The number of piperazine rings is 1. The monoisotopic (exact) mass is 434 g/mol. The van der Waals surface area contributed by atoms with E-state index in [4.69, 9.17) is 16.0 Å². The third-order valence-corrected chi connectivity index (χ3v) is 4.46. The topological polar surface area (TPSA) is 70.4 Å². The molecule has 150 valence electrons. The molecule has 6 nitrogen and oxygen atoms in total. The molecule has 1 saturated heterocycles. The van der Waals surface area contributed by atoms with Crippen LogP contribution < -0.4 is 10.6 Å². The predicted octanol–water partition coefficient (Wildman–Crippen LogP) is 2.79. The Hall–Kier alpha value is -1.31. The number of nitrogens with one attached hydrogen (secondary N) is 2. The van der Waals surface area contributed by atoms with Gasteiger partial charge < -0.3 is 15.1 Å². The van der Waals surface area contributed by atoms with Gasteiger partial charge >= 0.3 is 0 Å². The predicted molar refractivity (Wildman–Crippen MR) is 112 cm³/mol. The van der Waals surface area contributed by atoms with Gasteiger partial charge in [0.2, 0.25) is 5.91 Å². The van der Waals surface area contributed by atoms with Crippen molar-refractivity contribution in [1.82, 2.24) is 20.5 Å². The van der Waals surface area contributed by atoms with Gasteiger partial charge in [0.25, 0.3) is 0 Å². The summed E-state index contributed by atoms with van der Waals surface area (Å²) in [5.41, 5.74) is 0.920. The fourth-order valence-corrected chi connectivity index (χ4v) is 2.90. The number of hydrogen-bond acceptors (Lipinski definition) is 5. The van der Waals surface area contributed by atoms with Gasteiger partial charge in [-0.15, -0.1) is 24.8 Å². The summed E-state index contributed by atoms with van der Waals surface area (Å²) in [5.74, 6) is 1.29. The van der Waals surface area contributed by atoms with Crippen molar-refractivity contribution in [3.63, 3.8) is 0 Å². The molecule has 1 fully saturated rings. The highest BCUT2D eigenvalue weighted by molar-refractivity contribution is 6.30. The van der Waals surface area contributed by atoms with Crippen LogP contribution in [-0.4, -0.2) is 55.1 Å². The van der Waals surface area contributed by atoms with Crippen molar-refractivity contribution >= 4 is 42.3 Å². The maximum absolute atomic E-state index is 11.9. The van der Waals surface area contributed by atoms with E-state index < -0.39 is 0 Å². The lowest BCUT2D eigenvalue weighted by Gasteiger charge is -2.27. The molecular formula is C18H25Cl3N4O2. The number of aryl methyl sites for hydroxylation is 1. The summed E-state index contributed by atoms with van der Waals surface area (Å²) >= 11 is 5.88. The van der Waals surface area contributed by atoms with Crippen molar-refractivity contribution in [3.8, 4) is 11.3 Å². The van der Waals surface area contributed by atoms with E-state index in [1.807, 2.05) is 24.3 Å². The molecule has 0 unspecified atom stereocenters. The van der Waals surface area contributed by atoms with E-state index in [0.29, 0.717) is 36.1 Å². The van der Waals surface area contributed by atoms with Crippen molar-refractivity contribution in [2.75, 3.05) is 39.3 Å². The molecule has 0 bridgehead atoms. The van der Waals surface area contributed by atoms with Crippen LogP contribution in [0, 0.1) is 0 Å². The lowest BCUT2D eigenvalue weighted by atomic mass is 10.2. The number of amides is 1. The molecule has 27 heavy (non-hydrogen) atoms. The Balaban J connectivity index is 0.00000182. The van der Waals surface area contributed by atoms with E-state index in [9.17, 15) is 4.79 Å². The minimum Gasteiger partial charge on any atom is -0.441 e. The highest BCUT2D eigenvalue weighted by atomic mass is 35.5. The van der Waals surface area contributed by atoms with Crippen LogP contribution in [0.4, 0.5) is 0 Å². The van der Waals surface area contributed by atoms with Crippen LogP contribution in [0.25, 0.3) is 11.3 Å². The van der Waals surface area contributed by atoms with Crippen LogP contribution in [0.3, 0.4) is 0 Å². The minimum atomic E-state index is 0. The van der Waals surface area contributed by atoms with Crippen LogP contribution in [0.1, 0.15) is 12.3 Å². The molecule has 9 heteroatoms. The standard InChI is InChI=1S/C18H23ClN4O2.2ClH/c19-15-3-1-14(2-4-15)16-13-22-18(25-16)6-5-17(24)21-9-12-23-10-7-20-8-11-23;;/h1-4,13,20H,5-12H2,(H,21,24);2*1H. The third kappa shape index (κ3) is 7.68. The molecule has 1 aliphatic rings. The molecule has 1 aromatic heterocycles. The second-order valence-electron chi connectivity index (χ2n) is 6.07. The molecule has 0 spiro atoms. The van der Waals surface area contributed by atoms with Crippen molar-refractivity contribution < 1.29 is 9.21 Å². The van der Waals surface area contributed by atoms with E-state index in [0.717, 1.165) is 38.3 Å². The first kappa shape index (κ1) is 23.7. The van der Waals surface area contributed by atoms with E-state index in [1.165, 1.54) is 0 Å². The van der Waals surface area contributed by atoms with Crippen LogP contribution in [-0.2, 0) is 11.2 Å². The number of rotatable bonds is 7. The molecule has 3 rings (SSSR count). The lowest BCUT2D eigenvalue weighted by molar-refractivity contribution is -0.121. The number of aromatic nitrogens is 1. The quantitative estimate of drug-likeness (QED) is 0.700. The Kier molecular flexibility index (Phi) is 10.7. The molecule has 1 amide bonds.